The van der Waals surface area contributed by atoms with Crippen LogP contribution in [0.5, 0.6) is 0 Å². The Morgan fingerprint density at radius 2 is 1.87 bits per heavy atom. The first-order valence-corrected chi connectivity index (χ1v) is 15.7. The molecule has 1 aliphatic heterocycles. The van der Waals surface area contributed by atoms with E-state index in [1.807, 2.05) is 32.7 Å². The van der Waals surface area contributed by atoms with Crippen molar-refractivity contribution in [3.8, 4) is 0 Å². The Balaban J connectivity index is 1.45. The number of imidazole rings is 1. The minimum Gasteiger partial charge on any atom is -0.442 e. The van der Waals surface area contributed by atoms with E-state index in [1.165, 1.54) is 29.0 Å². The van der Waals surface area contributed by atoms with Crippen molar-refractivity contribution in [2.45, 2.75) is 72.3 Å². The molecule has 0 radical (unpaired) electrons. The van der Waals surface area contributed by atoms with Crippen LogP contribution in [-0.2, 0) is 27.6 Å². The van der Waals surface area contributed by atoms with E-state index in [-0.39, 0.29) is 36.6 Å². The first kappa shape index (κ1) is 34.4. The van der Waals surface area contributed by atoms with Crippen molar-refractivity contribution in [2.75, 3.05) is 36.5 Å². The number of carbonyl (C=O) groups is 2. The minimum absolute atomic E-state index is 0.0590. The second-order valence-electron chi connectivity index (χ2n) is 11.8. The Bertz CT molecular complexity index is 1680. The summed E-state index contributed by atoms with van der Waals surface area (Å²) in [5.41, 5.74) is 6.44. The maximum atomic E-state index is 13.6. The molecule has 3 heterocycles. The van der Waals surface area contributed by atoms with Crippen LogP contribution in [0.1, 0.15) is 52.5 Å². The average Bonchev–Trinajstić information content (AvgIpc) is 3.39. The normalized spacial score (nSPS) is 15.3. The average molecular weight is 637 g/mol. The van der Waals surface area contributed by atoms with Crippen molar-refractivity contribution in [2.24, 2.45) is 11.7 Å². The lowest BCUT2D eigenvalue weighted by atomic mass is 10.0. The van der Waals surface area contributed by atoms with E-state index in [1.54, 1.807) is 12.1 Å². The zero-order chi connectivity index (χ0) is 33.4. The number of hydrogen-bond donors (Lipinski definition) is 2. The molecule has 0 spiro atoms. The summed E-state index contributed by atoms with van der Waals surface area (Å²) in [6.45, 7) is 9.00. The first-order chi connectivity index (χ1) is 22.0. The maximum Gasteiger partial charge on any atom is 0.327 e. The summed E-state index contributed by atoms with van der Waals surface area (Å²) in [5, 5.41) is 4.42. The molecule has 3 aromatic rings. The highest BCUT2D eigenvalue weighted by Gasteiger charge is 2.28. The van der Waals surface area contributed by atoms with Gasteiger partial charge in [0.15, 0.2) is 6.73 Å². The molecule has 0 saturated carbocycles. The van der Waals surface area contributed by atoms with Crippen LogP contribution in [-0.4, -0.2) is 69.7 Å². The van der Waals surface area contributed by atoms with Gasteiger partial charge in [-0.15, -0.1) is 0 Å². The molecule has 0 bridgehead atoms. The van der Waals surface area contributed by atoms with Crippen molar-refractivity contribution >= 4 is 35.9 Å². The summed E-state index contributed by atoms with van der Waals surface area (Å²) >= 11 is 0. The van der Waals surface area contributed by atoms with Crippen molar-refractivity contribution in [3.05, 3.63) is 69.0 Å². The highest BCUT2D eigenvalue weighted by Crippen LogP contribution is 2.23. The number of amides is 1. The van der Waals surface area contributed by atoms with E-state index in [2.05, 4.69) is 38.8 Å². The molecule has 1 unspecified atom stereocenters. The van der Waals surface area contributed by atoms with Gasteiger partial charge in [-0.2, -0.15) is 0 Å². The summed E-state index contributed by atoms with van der Waals surface area (Å²) in [4.78, 5) is 50.9. The van der Waals surface area contributed by atoms with Crippen molar-refractivity contribution in [1.82, 2.24) is 24.4 Å². The lowest BCUT2D eigenvalue weighted by Gasteiger charge is -2.38. The third-order valence-electron chi connectivity index (χ3n) is 8.25. The fraction of sp³-hybridized carbons (Fsp3) is 0.485. The molecule has 4 rings (SSSR count). The number of nitrogens with zero attached hydrogens (tertiary/aromatic N) is 6. The lowest BCUT2D eigenvalue weighted by molar-refractivity contribution is -0.147. The quantitative estimate of drug-likeness (QED) is 0.282. The number of hydrogen-bond acceptors (Lipinski definition) is 9. The second kappa shape index (κ2) is 15.7. The number of halogens is 1. The Labute approximate surface area is 268 Å². The third kappa shape index (κ3) is 8.19. The van der Waals surface area contributed by atoms with Crippen molar-refractivity contribution in [3.63, 3.8) is 0 Å². The van der Waals surface area contributed by atoms with Crippen LogP contribution in [0.2, 0.25) is 0 Å². The minimum atomic E-state index is -0.737. The highest BCUT2D eigenvalue weighted by molar-refractivity contribution is 5.85. The van der Waals surface area contributed by atoms with Crippen molar-refractivity contribution in [1.29, 1.82) is 0 Å². The molecule has 13 heteroatoms. The SMILES string of the molecule is C/C=c1\c(=C/CC)nc(N2CCC(N(C)c3nccc(=O)n3COC(=O)CNC(=O)C(N)C(C)C)CC2)n1Cc1ccc(F)cc1. The smallest absolute Gasteiger partial charge is 0.327 e. The molecule has 3 N–H and O–H groups in total. The molecule has 1 aromatic carbocycles. The van der Waals surface area contributed by atoms with Gasteiger partial charge >= 0.3 is 5.97 Å². The molecule has 2 aromatic heterocycles. The van der Waals surface area contributed by atoms with E-state index < -0.39 is 17.9 Å². The van der Waals surface area contributed by atoms with E-state index in [4.69, 9.17) is 15.5 Å². The molecular formula is C33H45FN8O4. The largest absolute Gasteiger partial charge is 0.442 e. The van der Waals surface area contributed by atoms with Gasteiger partial charge in [-0.1, -0.05) is 45.1 Å². The van der Waals surface area contributed by atoms with Crippen LogP contribution in [0.4, 0.5) is 16.3 Å². The number of anilines is 2. The number of carbonyl (C=O) groups excluding carboxylic acids is 2. The third-order valence-corrected chi connectivity index (χ3v) is 8.25. The van der Waals surface area contributed by atoms with Crippen LogP contribution in [0, 0.1) is 11.7 Å². The Kier molecular flexibility index (Phi) is 11.7. The number of piperidine rings is 1. The van der Waals surface area contributed by atoms with Gasteiger partial charge in [0.25, 0.3) is 5.56 Å². The van der Waals surface area contributed by atoms with Gasteiger partial charge in [0.05, 0.1) is 23.3 Å². The van der Waals surface area contributed by atoms with Gasteiger partial charge in [0.1, 0.15) is 12.4 Å². The zero-order valence-corrected chi connectivity index (χ0v) is 27.3. The maximum absolute atomic E-state index is 13.6. The van der Waals surface area contributed by atoms with Gasteiger partial charge in [0.2, 0.25) is 17.8 Å². The summed E-state index contributed by atoms with van der Waals surface area (Å²) < 4.78 is 22.4. The van der Waals surface area contributed by atoms with Gasteiger partial charge < -0.3 is 30.2 Å². The molecular weight excluding hydrogens is 591 g/mol. The number of nitrogens with one attached hydrogen (secondary N) is 1. The van der Waals surface area contributed by atoms with Crippen LogP contribution in [0.15, 0.2) is 41.3 Å². The predicted molar refractivity (Wildman–Crippen MR) is 176 cm³/mol. The van der Waals surface area contributed by atoms with Crippen LogP contribution >= 0.6 is 0 Å². The molecule has 248 valence electrons. The topological polar surface area (TPSA) is 141 Å². The first-order valence-electron chi connectivity index (χ1n) is 15.7. The number of aromatic nitrogens is 4. The van der Waals surface area contributed by atoms with E-state index in [0.29, 0.717) is 25.6 Å². The van der Waals surface area contributed by atoms with E-state index in [0.717, 1.165) is 41.5 Å². The molecule has 1 aliphatic rings. The molecule has 46 heavy (non-hydrogen) atoms. The van der Waals surface area contributed by atoms with Gasteiger partial charge in [0, 0.05) is 38.4 Å². The second-order valence-corrected chi connectivity index (χ2v) is 11.8. The van der Waals surface area contributed by atoms with Gasteiger partial charge in [-0.3, -0.25) is 14.4 Å². The molecule has 1 amide bonds. The zero-order valence-electron chi connectivity index (χ0n) is 27.3. The Hall–Kier alpha value is -4.52. The Morgan fingerprint density at radius 1 is 1.17 bits per heavy atom. The number of benzene rings is 1. The van der Waals surface area contributed by atoms with Crippen molar-refractivity contribution < 1.29 is 18.7 Å². The monoisotopic (exact) mass is 636 g/mol. The van der Waals surface area contributed by atoms with E-state index >= 15 is 0 Å². The Morgan fingerprint density at radius 3 is 2.50 bits per heavy atom. The molecule has 1 saturated heterocycles. The summed E-state index contributed by atoms with van der Waals surface area (Å²) in [6, 6.07) is 7.17. The number of nitrogens with two attached hydrogens (primary N) is 1. The molecule has 1 atom stereocenters. The summed E-state index contributed by atoms with van der Waals surface area (Å²) in [6.07, 6.45) is 8.00. The highest BCUT2D eigenvalue weighted by atomic mass is 19.1. The predicted octanol–water partition coefficient (Wildman–Crippen LogP) is 1.32. The van der Waals surface area contributed by atoms with Gasteiger partial charge in [-0.25, -0.2) is 18.9 Å². The van der Waals surface area contributed by atoms with Crippen LogP contribution < -0.4 is 37.1 Å². The number of ether oxygens (including phenoxy) is 1. The number of rotatable bonds is 12. The van der Waals surface area contributed by atoms with Gasteiger partial charge in [-0.05, 0) is 49.8 Å². The molecule has 12 nitrogen and oxygen atoms in total. The fourth-order valence-corrected chi connectivity index (χ4v) is 5.50. The molecule has 1 fully saturated rings. The number of esters is 1. The lowest BCUT2D eigenvalue weighted by Crippen LogP contribution is -2.46. The summed E-state index contributed by atoms with van der Waals surface area (Å²) in [5.74, 6) is -0.246. The van der Waals surface area contributed by atoms with Crippen LogP contribution in [0.25, 0.3) is 12.2 Å². The van der Waals surface area contributed by atoms with E-state index in [9.17, 15) is 18.8 Å². The summed E-state index contributed by atoms with van der Waals surface area (Å²) in [7, 11) is 1.88. The van der Waals surface area contributed by atoms with Crippen LogP contribution in [0.3, 0.4) is 0 Å². The standard InChI is InChI=1S/C33H45FN8O4/c1-6-8-26-27(7-2)41(20-23-9-11-24(34)12-10-23)33(38-26)40-17-14-25(15-18-40)39(5)32-36-16-13-28(43)42(32)21-46-29(44)19-37-31(45)30(35)22(3)4/h7-13,16,22,25,30H,6,14-15,17-21,35H2,1-5H3,(H,37,45)/b26-8+,27-7+. The fourth-order valence-electron chi connectivity index (χ4n) is 5.50. The molecule has 0 aliphatic carbocycles.